The van der Waals surface area contributed by atoms with E-state index in [0.717, 1.165) is 45.6 Å². The molecule has 2 aliphatic rings. The maximum atomic E-state index is 12.7. The number of likely N-dealkylation sites (tertiary alicyclic amines) is 1. The quantitative estimate of drug-likeness (QED) is 0.732. The van der Waals surface area contributed by atoms with Crippen molar-refractivity contribution in [1.29, 1.82) is 0 Å². The minimum atomic E-state index is 0.0629. The van der Waals surface area contributed by atoms with Crippen LogP contribution in [0.15, 0.2) is 30.3 Å². The number of amides is 2. The molecule has 2 saturated heterocycles. The lowest BCUT2D eigenvalue weighted by Gasteiger charge is -2.37. The van der Waals surface area contributed by atoms with E-state index in [0.29, 0.717) is 19.6 Å². The second-order valence-corrected chi connectivity index (χ2v) is 8.74. The molecule has 2 aliphatic heterocycles. The van der Waals surface area contributed by atoms with E-state index in [-0.39, 0.29) is 23.8 Å². The van der Waals surface area contributed by atoms with E-state index in [2.05, 4.69) is 34.1 Å². The van der Waals surface area contributed by atoms with E-state index in [9.17, 15) is 9.59 Å². The van der Waals surface area contributed by atoms with Gasteiger partial charge in [-0.05, 0) is 32.3 Å². The van der Waals surface area contributed by atoms with Crippen molar-refractivity contribution < 1.29 is 9.59 Å². The Morgan fingerprint density at radius 3 is 2.14 bits per heavy atom. The molecule has 6 nitrogen and oxygen atoms in total. The van der Waals surface area contributed by atoms with Crippen LogP contribution in [-0.2, 0) is 16.1 Å². The van der Waals surface area contributed by atoms with Gasteiger partial charge in [0.05, 0.1) is 6.54 Å². The van der Waals surface area contributed by atoms with Gasteiger partial charge in [0, 0.05) is 64.8 Å². The zero-order valence-corrected chi connectivity index (χ0v) is 18.2. The molecule has 160 valence electrons. The van der Waals surface area contributed by atoms with Crippen LogP contribution in [0.3, 0.4) is 0 Å². The predicted octanol–water partition coefficient (Wildman–Crippen LogP) is 1.91. The first kappa shape index (κ1) is 21.8. The highest BCUT2D eigenvalue weighted by molar-refractivity contribution is 5.81. The number of piperidine rings is 1. The zero-order valence-electron chi connectivity index (χ0n) is 18.2. The Labute approximate surface area is 175 Å². The average molecular weight is 401 g/mol. The summed E-state index contributed by atoms with van der Waals surface area (Å²) in [4.78, 5) is 33.7. The molecule has 0 N–H and O–H groups in total. The summed E-state index contributed by atoms with van der Waals surface area (Å²) < 4.78 is 0. The Morgan fingerprint density at radius 2 is 1.55 bits per heavy atom. The maximum Gasteiger partial charge on any atom is 0.236 e. The summed E-state index contributed by atoms with van der Waals surface area (Å²) in [5.41, 5.74) is 1.34. The Bertz CT molecular complexity index is 663. The van der Waals surface area contributed by atoms with Crippen molar-refractivity contribution in [3.05, 3.63) is 35.9 Å². The number of hydrogen-bond donors (Lipinski definition) is 0. The Kier molecular flexibility index (Phi) is 7.67. The van der Waals surface area contributed by atoms with Gasteiger partial charge >= 0.3 is 0 Å². The van der Waals surface area contributed by atoms with Crippen molar-refractivity contribution in [1.82, 2.24) is 19.6 Å². The minimum absolute atomic E-state index is 0.0629. The first-order valence-corrected chi connectivity index (χ1v) is 11.0. The van der Waals surface area contributed by atoms with Gasteiger partial charge in [-0.3, -0.25) is 19.4 Å². The lowest BCUT2D eigenvalue weighted by atomic mass is 9.95. The highest BCUT2D eigenvalue weighted by atomic mass is 16.2. The topological polar surface area (TPSA) is 47.1 Å². The number of nitrogens with zero attached hydrogens (tertiary/aromatic N) is 4. The molecular weight excluding hydrogens is 364 g/mol. The van der Waals surface area contributed by atoms with E-state index < -0.39 is 0 Å². The molecule has 0 atom stereocenters. The number of benzene rings is 1. The summed E-state index contributed by atoms with van der Waals surface area (Å²) >= 11 is 0. The van der Waals surface area contributed by atoms with Crippen LogP contribution in [0.1, 0.15) is 32.3 Å². The Morgan fingerprint density at radius 1 is 0.966 bits per heavy atom. The van der Waals surface area contributed by atoms with Crippen LogP contribution in [0.25, 0.3) is 0 Å². The standard InChI is InChI=1S/C23H36N4O2/c1-19(2)24(3)23(29)21-9-11-27(12-10-21)22(28)18-26-15-13-25(14-16-26)17-20-7-5-4-6-8-20/h4-8,19,21H,9-18H2,1-3H3. The molecule has 6 heteroatoms. The molecular formula is C23H36N4O2. The second-order valence-electron chi connectivity index (χ2n) is 8.74. The van der Waals surface area contributed by atoms with Crippen molar-refractivity contribution in [2.45, 2.75) is 39.3 Å². The van der Waals surface area contributed by atoms with Crippen molar-refractivity contribution in [3.63, 3.8) is 0 Å². The monoisotopic (exact) mass is 400 g/mol. The lowest BCUT2D eigenvalue weighted by Crippen LogP contribution is -2.51. The molecule has 0 bridgehead atoms. The van der Waals surface area contributed by atoms with Gasteiger partial charge in [0.2, 0.25) is 11.8 Å². The molecule has 3 rings (SSSR count). The Balaban J connectivity index is 1.38. The summed E-state index contributed by atoms with van der Waals surface area (Å²) in [5, 5.41) is 0. The molecule has 2 amide bonds. The largest absolute Gasteiger partial charge is 0.343 e. The van der Waals surface area contributed by atoms with Gasteiger partial charge in [-0.25, -0.2) is 0 Å². The predicted molar refractivity (Wildman–Crippen MR) is 115 cm³/mol. The smallest absolute Gasteiger partial charge is 0.236 e. The molecule has 0 spiro atoms. The van der Waals surface area contributed by atoms with Crippen molar-refractivity contribution in [2.75, 3.05) is 52.9 Å². The summed E-state index contributed by atoms with van der Waals surface area (Å²) in [5.74, 6) is 0.499. The molecule has 0 unspecified atom stereocenters. The van der Waals surface area contributed by atoms with Gasteiger partial charge in [0.25, 0.3) is 0 Å². The lowest BCUT2D eigenvalue weighted by molar-refractivity contribution is -0.141. The van der Waals surface area contributed by atoms with Crippen LogP contribution in [0, 0.1) is 5.92 Å². The maximum absolute atomic E-state index is 12.7. The fourth-order valence-corrected chi connectivity index (χ4v) is 4.16. The molecule has 0 saturated carbocycles. The third-order valence-corrected chi connectivity index (χ3v) is 6.39. The normalized spacial score (nSPS) is 19.5. The first-order valence-electron chi connectivity index (χ1n) is 11.0. The van der Waals surface area contributed by atoms with Crippen LogP contribution in [0.2, 0.25) is 0 Å². The van der Waals surface area contributed by atoms with E-state index in [1.807, 2.05) is 36.8 Å². The molecule has 0 radical (unpaired) electrons. The van der Waals surface area contributed by atoms with Gasteiger partial charge in [0.1, 0.15) is 0 Å². The summed E-state index contributed by atoms with van der Waals surface area (Å²) in [6.07, 6.45) is 1.57. The van der Waals surface area contributed by atoms with Gasteiger partial charge in [-0.15, -0.1) is 0 Å². The van der Waals surface area contributed by atoms with Crippen LogP contribution in [0.5, 0.6) is 0 Å². The van der Waals surface area contributed by atoms with Crippen molar-refractivity contribution in [2.24, 2.45) is 5.92 Å². The molecule has 2 heterocycles. The summed E-state index contributed by atoms with van der Waals surface area (Å²) in [7, 11) is 1.88. The van der Waals surface area contributed by atoms with E-state index in [1.54, 1.807) is 0 Å². The molecule has 2 fully saturated rings. The zero-order chi connectivity index (χ0) is 20.8. The van der Waals surface area contributed by atoms with Crippen LogP contribution < -0.4 is 0 Å². The van der Waals surface area contributed by atoms with E-state index in [1.165, 1.54) is 5.56 Å². The summed E-state index contributed by atoms with van der Waals surface area (Å²) in [6.45, 7) is 10.8. The third kappa shape index (κ3) is 6.03. The van der Waals surface area contributed by atoms with E-state index in [4.69, 9.17) is 0 Å². The SMILES string of the molecule is CC(C)N(C)C(=O)C1CCN(C(=O)CN2CCN(Cc3ccccc3)CC2)CC1. The number of carbonyl (C=O) groups is 2. The fraction of sp³-hybridized carbons (Fsp3) is 0.652. The number of carbonyl (C=O) groups excluding carboxylic acids is 2. The highest BCUT2D eigenvalue weighted by Gasteiger charge is 2.30. The van der Waals surface area contributed by atoms with Gasteiger partial charge in [-0.1, -0.05) is 30.3 Å². The van der Waals surface area contributed by atoms with Crippen LogP contribution in [0.4, 0.5) is 0 Å². The van der Waals surface area contributed by atoms with Crippen LogP contribution in [-0.4, -0.2) is 90.3 Å². The molecule has 0 aromatic heterocycles. The van der Waals surface area contributed by atoms with Crippen molar-refractivity contribution in [3.8, 4) is 0 Å². The highest BCUT2D eigenvalue weighted by Crippen LogP contribution is 2.20. The second kappa shape index (κ2) is 10.2. The molecule has 29 heavy (non-hydrogen) atoms. The average Bonchev–Trinajstić information content (AvgIpc) is 2.75. The fourth-order valence-electron chi connectivity index (χ4n) is 4.16. The minimum Gasteiger partial charge on any atom is -0.343 e. The summed E-state index contributed by atoms with van der Waals surface area (Å²) in [6, 6.07) is 10.8. The number of hydrogen-bond acceptors (Lipinski definition) is 4. The molecule has 1 aromatic rings. The van der Waals surface area contributed by atoms with E-state index >= 15 is 0 Å². The molecule has 0 aliphatic carbocycles. The Hall–Kier alpha value is -1.92. The third-order valence-electron chi connectivity index (χ3n) is 6.39. The van der Waals surface area contributed by atoms with Crippen LogP contribution >= 0.6 is 0 Å². The molecule has 1 aromatic carbocycles. The number of rotatable bonds is 6. The van der Waals surface area contributed by atoms with Gasteiger partial charge in [-0.2, -0.15) is 0 Å². The number of piperazine rings is 1. The van der Waals surface area contributed by atoms with Gasteiger partial charge in [0.15, 0.2) is 0 Å². The first-order chi connectivity index (χ1) is 13.9. The van der Waals surface area contributed by atoms with Gasteiger partial charge < -0.3 is 9.80 Å². The van der Waals surface area contributed by atoms with Crippen molar-refractivity contribution >= 4 is 11.8 Å².